The number of hydrogen-bond acceptors (Lipinski definition) is 7. The molecule has 3 heterocycles. The number of nitrogens with one attached hydrogen (secondary N) is 1. The number of morpholine rings is 1. The number of rotatable bonds is 8. The van der Waals surface area contributed by atoms with Crippen molar-refractivity contribution in [3.8, 4) is 0 Å². The van der Waals surface area contributed by atoms with Gasteiger partial charge in [0.05, 0.1) is 18.9 Å². The molecular formula is C25H28F3N5O4S. The van der Waals surface area contributed by atoms with Crippen molar-refractivity contribution < 1.29 is 32.3 Å². The predicted octanol–water partition coefficient (Wildman–Crippen LogP) is 4.10. The summed E-state index contributed by atoms with van der Waals surface area (Å²) in [4.78, 5) is 47.5. The van der Waals surface area contributed by atoms with Crippen LogP contribution in [0.5, 0.6) is 0 Å². The second kappa shape index (κ2) is 11.3. The van der Waals surface area contributed by atoms with Gasteiger partial charge in [0.15, 0.2) is 0 Å². The number of benzene rings is 1. The summed E-state index contributed by atoms with van der Waals surface area (Å²) >= 11 is -0.271. The van der Waals surface area contributed by atoms with Gasteiger partial charge >= 0.3 is 11.5 Å². The summed E-state index contributed by atoms with van der Waals surface area (Å²) in [5.74, 6) is -0.350. The smallest absolute Gasteiger partial charge is 0.379 e. The lowest BCUT2D eigenvalue weighted by Gasteiger charge is -2.27. The lowest BCUT2D eigenvalue weighted by Crippen LogP contribution is -2.43. The zero-order valence-corrected chi connectivity index (χ0v) is 21.8. The van der Waals surface area contributed by atoms with E-state index in [0.717, 1.165) is 18.0 Å². The molecule has 0 spiro atoms. The number of urea groups is 1. The van der Waals surface area contributed by atoms with Gasteiger partial charge in [0.25, 0.3) is 5.91 Å². The Labute approximate surface area is 222 Å². The largest absolute Gasteiger partial charge is 0.446 e. The summed E-state index contributed by atoms with van der Waals surface area (Å²) in [6, 6.07) is 7.82. The van der Waals surface area contributed by atoms with Gasteiger partial charge in [-0.25, -0.2) is 14.7 Å². The number of aromatic nitrogens is 1. The van der Waals surface area contributed by atoms with E-state index in [-0.39, 0.29) is 34.8 Å². The van der Waals surface area contributed by atoms with Gasteiger partial charge in [-0.15, -0.1) is 0 Å². The Morgan fingerprint density at radius 1 is 1.13 bits per heavy atom. The summed E-state index contributed by atoms with van der Waals surface area (Å²) in [6.07, 6.45) is 1.81. The van der Waals surface area contributed by atoms with E-state index >= 15 is 0 Å². The lowest BCUT2D eigenvalue weighted by molar-refractivity contribution is -0.123. The molecule has 0 unspecified atom stereocenters. The number of nitrogens with zero attached hydrogens (tertiary/aromatic N) is 4. The minimum atomic E-state index is -4.44. The number of carbonyl (C=O) groups excluding carboxylic acids is 3. The van der Waals surface area contributed by atoms with Gasteiger partial charge in [-0.2, -0.15) is 13.2 Å². The second-order valence-corrected chi connectivity index (χ2v) is 10.5. The number of thioether (sulfide) groups is 1. The van der Waals surface area contributed by atoms with Crippen LogP contribution in [0.1, 0.15) is 25.8 Å². The van der Waals surface area contributed by atoms with Gasteiger partial charge in [0.1, 0.15) is 11.4 Å². The maximum absolute atomic E-state index is 13.3. The summed E-state index contributed by atoms with van der Waals surface area (Å²) in [5.41, 5.74) is -4.81. The first kappa shape index (κ1) is 27.9. The summed E-state index contributed by atoms with van der Waals surface area (Å²) < 4.78 is 43.2. The monoisotopic (exact) mass is 551 g/mol. The van der Waals surface area contributed by atoms with E-state index in [1.807, 2.05) is 0 Å². The highest BCUT2D eigenvalue weighted by atomic mass is 32.2. The van der Waals surface area contributed by atoms with Crippen molar-refractivity contribution in [3.63, 3.8) is 0 Å². The molecule has 0 bridgehead atoms. The van der Waals surface area contributed by atoms with Crippen LogP contribution in [0.3, 0.4) is 0 Å². The number of pyridine rings is 1. The van der Waals surface area contributed by atoms with Crippen molar-refractivity contribution in [2.24, 2.45) is 0 Å². The Bertz CT molecular complexity index is 1190. The highest BCUT2D eigenvalue weighted by Crippen LogP contribution is 2.39. The van der Waals surface area contributed by atoms with Gasteiger partial charge in [-0.1, -0.05) is 0 Å². The highest BCUT2D eigenvalue weighted by Gasteiger charge is 2.51. The molecule has 2 fully saturated rings. The van der Waals surface area contributed by atoms with E-state index < -0.39 is 23.0 Å². The molecule has 2 aliphatic rings. The number of halogens is 3. The Balaban J connectivity index is 1.42. The van der Waals surface area contributed by atoms with E-state index in [1.54, 1.807) is 26.0 Å². The number of imide groups is 1. The van der Waals surface area contributed by atoms with Gasteiger partial charge in [0, 0.05) is 43.7 Å². The van der Waals surface area contributed by atoms with Crippen LogP contribution in [0, 0.1) is 0 Å². The number of hydrogen-bond donors (Lipinski definition) is 1. The fraction of sp³-hybridized carbons (Fsp3) is 0.440. The Hall–Kier alpha value is -3.16. The number of alkyl halides is 3. The molecule has 2 saturated heterocycles. The zero-order chi connectivity index (χ0) is 27.5. The molecule has 4 rings (SSSR count). The van der Waals surface area contributed by atoms with Crippen LogP contribution in [0.15, 0.2) is 47.5 Å². The molecule has 0 radical (unpaired) electrons. The normalized spacial score (nSPS) is 18.2. The van der Waals surface area contributed by atoms with E-state index in [0.29, 0.717) is 37.6 Å². The van der Waals surface area contributed by atoms with E-state index in [4.69, 9.17) is 4.74 Å². The number of amides is 4. The second-order valence-electron chi connectivity index (χ2n) is 9.41. The molecule has 2 aliphatic heterocycles. The summed E-state index contributed by atoms with van der Waals surface area (Å²) in [7, 11) is 0. The fourth-order valence-corrected chi connectivity index (χ4v) is 4.78. The highest BCUT2D eigenvalue weighted by molar-refractivity contribution is 8.00. The van der Waals surface area contributed by atoms with Crippen LogP contribution < -0.4 is 10.2 Å². The minimum absolute atomic E-state index is 0.0484. The number of ether oxygens (including phenoxy) is 1. The van der Waals surface area contributed by atoms with Crippen LogP contribution in [-0.4, -0.2) is 76.5 Å². The van der Waals surface area contributed by atoms with Gasteiger partial charge in [-0.05, 0) is 67.6 Å². The van der Waals surface area contributed by atoms with Gasteiger partial charge in [0.2, 0.25) is 5.91 Å². The molecule has 0 aliphatic carbocycles. The SMILES string of the molecule is CC1(C)C(=O)N(c2ccc(SC(F)(F)F)cc2)C(=O)N1Cc1ccnc(NC(=O)CCN2CCOCC2)c1. The molecule has 204 valence electrons. The molecular weight excluding hydrogens is 523 g/mol. The van der Waals surface area contributed by atoms with Crippen LogP contribution in [0.2, 0.25) is 0 Å². The van der Waals surface area contributed by atoms with E-state index in [9.17, 15) is 27.6 Å². The molecule has 1 aromatic carbocycles. The van der Waals surface area contributed by atoms with Gasteiger partial charge in [-0.3, -0.25) is 14.5 Å². The lowest BCUT2D eigenvalue weighted by atomic mass is 10.0. The van der Waals surface area contributed by atoms with Crippen molar-refractivity contribution in [3.05, 3.63) is 48.2 Å². The summed E-state index contributed by atoms with van der Waals surface area (Å²) in [6.45, 7) is 6.76. The van der Waals surface area contributed by atoms with E-state index in [2.05, 4.69) is 15.2 Å². The third-order valence-electron chi connectivity index (χ3n) is 6.34. The van der Waals surface area contributed by atoms with Crippen molar-refractivity contribution in [2.75, 3.05) is 43.1 Å². The van der Waals surface area contributed by atoms with Crippen molar-refractivity contribution in [1.29, 1.82) is 0 Å². The standard InChI is InChI=1S/C25H28F3N5O4S/c1-24(2)22(35)33(18-3-5-19(6-4-18)38-25(26,27)28)23(36)32(24)16-17-7-9-29-20(15-17)30-21(34)8-10-31-11-13-37-14-12-31/h3-7,9,15H,8,10-14,16H2,1-2H3,(H,29,30,34). The van der Waals surface area contributed by atoms with Crippen molar-refractivity contribution in [2.45, 2.75) is 42.8 Å². The molecule has 13 heteroatoms. The van der Waals surface area contributed by atoms with Gasteiger partial charge < -0.3 is 15.0 Å². The third-order valence-corrected chi connectivity index (χ3v) is 7.08. The van der Waals surface area contributed by atoms with Crippen LogP contribution in [0.4, 0.5) is 29.5 Å². The first-order valence-electron chi connectivity index (χ1n) is 12.0. The fourth-order valence-electron chi connectivity index (χ4n) is 4.24. The Morgan fingerprint density at radius 2 is 1.82 bits per heavy atom. The van der Waals surface area contributed by atoms with Crippen LogP contribution >= 0.6 is 11.8 Å². The minimum Gasteiger partial charge on any atom is -0.379 e. The molecule has 1 N–H and O–H groups in total. The summed E-state index contributed by atoms with van der Waals surface area (Å²) in [5, 5.41) is 2.77. The number of anilines is 2. The first-order valence-corrected chi connectivity index (χ1v) is 12.8. The molecule has 4 amide bonds. The molecule has 38 heavy (non-hydrogen) atoms. The van der Waals surface area contributed by atoms with Crippen LogP contribution in [-0.2, 0) is 20.9 Å². The topological polar surface area (TPSA) is 95.1 Å². The zero-order valence-electron chi connectivity index (χ0n) is 21.0. The van der Waals surface area contributed by atoms with Crippen molar-refractivity contribution in [1.82, 2.24) is 14.8 Å². The van der Waals surface area contributed by atoms with Crippen LogP contribution in [0.25, 0.3) is 0 Å². The maximum Gasteiger partial charge on any atom is 0.446 e. The number of carbonyl (C=O) groups is 3. The van der Waals surface area contributed by atoms with E-state index in [1.165, 1.54) is 35.4 Å². The average Bonchev–Trinajstić information content (AvgIpc) is 3.02. The molecule has 2 aromatic rings. The maximum atomic E-state index is 13.3. The molecule has 9 nitrogen and oxygen atoms in total. The molecule has 0 saturated carbocycles. The predicted molar refractivity (Wildman–Crippen MR) is 136 cm³/mol. The third kappa shape index (κ3) is 6.63. The quantitative estimate of drug-likeness (QED) is 0.390. The Kier molecular flexibility index (Phi) is 8.28. The molecule has 0 atom stereocenters. The average molecular weight is 552 g/mol. The van der Waals surface area contributed by atoms with Crippen molar-refractivity contribution >= 4 is 41.1 Å². The first-order chi connectivity index (χ1) is 17.9. The molecule has 1 aromatic heterocycles. The Morgan fingerprint density at radius 3 is 2.47 bits per heavy atom.